The van der Waals surface area contributed by atoms with E-state index in [4.69, 9.17) is 9.26 Å². The van der Waals surface area contributed by atoms with Crippen molar-refractivity contribution in [3.8, 4) is 0 Å². The molecule has 1 N–H and O–H groups in total. The van der Waals surface area contributed by atoms with Gasteiger partial charge in [0.05, 0.1) is 6.20 Å². The molecule has 0 aliphatic carbocycles. The largest absolute Gasteiger partial charge is 0.444 e. The number of carbonyl (C=O) groups is 2. The Balaban J connectivity index is 1.80. The Morgan fingerprint density at radius 3 is 2.38 bits per heavy atom. The summed E-state index contributed by atoms with van der Waals surface area (Å²) in [5.41, 5.74) is -0.516. The summed E-state index contributed by atoms with van der Waals surface area (Å²) in [5, 5.41) is 6.11. The highest BCUT2D eigenvalue weighted by atomic mass is 16.6. The number of anilines is 1. The summed E-state index contributed by atoms with van der Waals surface area (Å²) in [6.07, 6.45) is 1.11. The number of aromatic nitrogens is 1. The highest BCUT2D eigenvalue weighted by Gasteiger charge is 2.27. The molecule has 8 heteroatoms. The van der Waals surface area contributed by atoms with Crippen molar-refractivity contribution >= 4 is 18.0 Å². The van der Waals surface area contributed by atoms with Crippen LogP contribution in [-0.2, 0) is 4.74 Å². The number of nitrogens with zero attached hydrogens (tertiary/aromatic N) is 3. The first-order valence-electron chi connectivity index (χ1n) is 6.80. The van der Waals surface area contributed by atoms with Crippen molar-refractivity contribution in [2.24, 2.45) is 0 Å². The number of nitrogens with one attached hydrogen (secondary N) is 1. The molecular formula is C13H20N4O4. The summed E-state index contributed by atoms with van der Waals surface area (Å²) in [6.45, 7) is 7.25. The molecule has 1 aromatic rings. The van der Waals surface area contributed by atoms with Gasteiger partial charge in [0, 0.05) is 32.2 Å². The lowest BCUT2D eigenvalue weighted by Crippen LogP contribution is -2.52. The molecule has 21 heavy (non-hydrogen) atoms. The van der Waals surface area contributed by atoms with Crippen LogP contribution in [0.1, 0.15) is 20.8 Å². The Hall–Kier alpha value is -2.25. The zero-order valence-electron chi connectivity index (χ0n) is 12.5. The summed E-state index contributed by atoms with van der Waals surface area (Å²) >= 11 is 0. The normalized spacial score (nSPS) is 15.8. The Morgan fingerprint density at radius 2 is 1.86 bits per heavy atom. The van der Waals surface area contributed by atoms with Crippen molar-refractivity contribution in [1.29, 1.82) is 0 Å². The summed E-state index contributed by atoms with van der Waals surface area (Å²) in [7, 11) is 0. The number of piperazine rings is 1. The van der Waals surface area contributed by atoms with Crippen molar-refractivity contribution in [2.45, 2.75) is 26.4 Å². The van der Waals surface area contributed by atoms with E-state index in [-0.39, 0.29) is 12.1 Å². The van der Waals surface area contributed by atoms with Crippen LogP contribution in [-0.4, -0.2) is 58.9 Å². The van der Waals surface area contributed by atoms with Crippen molar-refractivity contribution in [2.75, 3.05) is 31.5 Å². The van der Waals surface area contributed by atoms with Crippen molar-refractivity contribution in [3.63, 3.8) is 0 Å². The topological polar surface area (TPSA) is 87.9 Å². The first-order valence-corrected chi connectivity index (χ1v) is 6.80. The number of rotatable bonds is 1. The van der Waals surface area contributed by atoms with Gasteiger partial charge >= 0.3 is 12.1 Å². The minimum Gasteiger partial charge on any atom is -0.444 e. The zero-order valence-corrected chi connectivity index (χ0v) is 12.5. The molecule has 0 saturated carbocycles. The molecule has 116 valence electrons. The average molecular weight is 296 g/mol. The molecule has 0 spiro atoms. The standard InChI is InChI=1S/C13H20N4O4/c1-13(2,3)20-12(19)17-8-6-16(7-9-17)11(18)15-10-4-5-14-21-10/h4-5H,6-9H2,1-3H3,(H,15,18). The quantitative estimate of drug-likeness (QED) is 0.853. The Bertz CT molecular complexity index is 487. The van der Waals surface area contributed by atoms with Gasteiger partial charge in [-0.15, -0.1) is 0 Å². The first kappa shape index (κ1) is 15.1. The number of ether oxygens (including phenoxy) is 1. The molecule has 3 amide bonds. The van der Waals surface area contributed by atoms with Gasteiger partial charge in [-0.1, -0.05) is 5.16 Å². The highest BCUT2D eigenvalue weighted by molar-refractivity contribution is 5.88. The molecule has 8 nitrogen and oxygen atoms in total. The molecule has 1 fully saturated rings. The van der Waals surface area contributed by atoms with Gasteiger partial charge in [0.1, 0.15) is 5.60 Å². The number of carbonyl (C=O) groups excluding carboxylic acids is 2. The zero-order chi connectivity index (χ0) is 15.5. The molecule has 1 saturated heterocycles. The molecule has 0 atom stereocenters. The van der Waals surface area contributed by atoms with Gasteiger partial charge in [0.25, 0.3) is 0 Å². The third kappa shape index (κ3) is 4.37. The number of hydrogen-bond acceptors (Lipinski definition) is 5. The molecular weight excluding hydrogens is 276 g/mol. The minimum absolute atomic E-state index is 0.268. The van der Waals surface area contributed by atoms with E-state index in [0.29, 0.717) is 32.1 Å². The van der Waals surface area contributed by atoms with Crippen LogP contribution in [0.2, 0.25) is 0 Å². The van der Waals surface area contributed by atoms with Gasteiger partial charge in [0.2, 0.25) is 5.88 Å². The second-order valence-corrected chi connectivity index (χ2v) is 5.76. The predicted molar refractivity (Wildman–Crippen MR) is 74.9 cm³/mol. The average Bonchev–Trinajstić information content (AvgIpc) is 2.90. The Labute approximate surface area is 123 Å². The van der Waals surface area contributed by atoms with Crippen LogP contribution in [0.4, 0.5) is 15.5 Å². The molecule has 0 radical (unpaired) electrons. The lowest BCUT2D eigenvalue weighted by molar-refractivity contribution is 0.0174. The molecule has 0 aromatic carbocycles. The SMILES string of the molecule is CC(C)(C)OC(=O)N1CCN(C(=O)Nc2ccno2)CC1. The van der Waals surface area contributed by atoms with Crippen molar-refractivity contribution in [1.82, 2.24) is 15.0 Å². The Kier molecular flexibility index (Phi) is 4.35. The van der Waals surface area contributed by atoms with E-state index in [2.05, 4.69) is 10.5 Å². The molecule has 1 aliphatic rings. The second kappa shape index (κ2) is 6.02. The highest BCUT2D eigenvalue weighted by Crippen LogP contribution is 2.13. The fraction of sp³-hybridized carbons (Fsp3) is 0.615. The fourth-order valence-electron chi connectivity index (χ4n) is 1.88. The van der Waals surface area contributed by atoms with Gasteiger partial charge in [0.15, 0.2) is 0 Å². The van der Waals surface area contributed by atoms with Crippen LogP contribution < -0.4 is 5.32 Å². The molecule has 1 aliphatic heterocycles. The van der Waals surface area contributed by atoms with Gasteiger partial charge in [-0.25, -0.2) is 9.59 Å². The number of hydrogen-bond donors (Lipinski definition) is 1. The van der Waals surface area contributed by atoms with E-state index in [1.54, 1.807) is 15.9 Å². The maximum Gasteiger partial charge on any atom is 0.410 e. The third-order valence-corrected chi connectivity index (χ3v) is 2.89. The van der Waals surface area contributed by atoms with Crippen LogP contribution in [0.3, 0.4) is 0 Å². The summed E-state index contributed by atoms with van der Waals surface area (Å²) in [5.74, 6) is 0.301. The minimum atomic E-state index is -0.516. The van der Waals surface area contributed by atoms with E-state index in [0.717, 1.165) is 0 Å². The molecule has 0 bridgehead atoms. The van der Waals surface area contributed by atoms with Gasteiger partial charge in [-0.3, -0.25) is 5.32 Å². The van der Waals surface area contributed by atoms with E-state index in [1.165, 1.54) is 6.20 Å². The lowest BCUT2D eigenvalue weighted by Gasteiger charge is -2.35. The van der Waals surface area contributed by atoms with E-state index >= 15 is 0 Å². The van der Waals surface area contributed by atoms with Gasteiger partial charge in [-0.05, 0) is 20.8 Å². The van der Waals surface area contributed by atoms with Crippen molar-refractivity contribution in [3.05, 3.63) is 12.3 Å². The number of urea groups is 1. The Morgan fingerprint density at radius 1 is 1.24 bits per heavy atom. The summed E-state index contributed by atoms with van der Waals surface area (Å²) in [6, 6.07) is 1.30. The van der Waals surface area contributed by atoms with E-state index in [9.17, 15) is 9.59 Å². The van der Waals surface area contributed by atoms with Gasteiger partial charge in [-0.2, -0.15) is 0 Å². The van der Waals surface area contributed by atoms with Gasteiger partial charge < -0.3 is 19.1 Å². The molecule has 1 aromatic heterocycles. The maximum atomic E-state index is 12.0. The van der Waals surface area contributed by atoms with E-state index in [1.807, 2.05) is 20.8 Å². The first-order chi connectivity index (χ1) is 9.85. The summed E-state index contributed by atoms with van der Waals surface area (Å²) in [4.78, 5) is 27.1. The van der Waals surface area contributed by atoms with Crippen LogP contribution in [0.25, 0.3) is 0 Å². The van der Waals surface area contributed by atoms with Crippen LogP contribution >= 0.6 is 0 Å². The van der Waals surface area contributed by atoms with E-state index < -0.39 is 5.60 Å². The fourth-order valence-corrected chi connectivity index (χ4v) is 1.88. The van der Waals surface area contributed by atoms with Crippen molar-refractivity contribution < 1.29 is 18.8 Å². The second-order valence-electron chi connectivity index (χ2n) is 5.76. The van der Waals surface area contributed by atoms with Crippen LogP contribution in [0.15, 0.2) is 16.8 Å². The lowest BCUT2D eigenvalue weighted by atomic mass is 10.2. The van der Waals surface area contributed by atoms with Crippen LogP contribution in [0, 0.1) is 0 Å². The molecule has 0 unspecified atom stereocenters. The number of amides is 3. The molecule has 2 rings (SSSR count). The third-order valence-electron chi connectivity index (χ3n) is 2.89. The smallest absolute Gasteiger partial charge is 0.410 e. The summed E-state index contributed by atoms with van der Waals surface area (Å²) < 4.78 is 10.1. The predicted octanol–water partition coefficient (Wildman–Crippen LogP) is 1.76. The van der Waals surface area contributed by atoms with Crippen LogP contribution in [0.5, 0.6) is 0 Å². The molecule has 2 heterocycles. The monoisotopic (exact) mass is 296 g/mol. The maximum absolute atomic E-state index is 12.0.